The number of amides is 1. The molecule has 88 valence electrons. The molecule has 4 nitrogen and oxygen atoms in total. The second-order valence-corrected chi connectivity index (χ2v) is 4.96. The minimum absolute atomic E-state index is 0.298. The maximum atomic E-state index is 11.4. The molecule has 5 heteroatoms. The highest BCUT2D eigenvalue weighted by molar-refractivity contribution is 9.08. The minimum Gasteiger partial charge on any atom is -0.391 e. The number of pyridine rings is 1. The molecule has 1 rings (SSSR count). The zero-order valence-corrected chi connectivity index (χ0v) is 11.2. The summed E-state index contributed by atoms with van der Waals surface area (Å²) >= 11 is 3.31. The van der Waals surface area contributed by atoms with Crippen LogP contribution in [0.2, 0.25) is 0 Å². The summed E-state index contributed by atoms with van der Waals surface area (Å²) in [6.07, 6.45) is 1.17. The molecule has 0 unspecified atom stereocenters. The minimum atomic E-state index is -0.494. The van der Waals surface area contributed by atoms with Crippen LogP contribution in [0.25, 0.3) is 0 Å². The second-order valence-electron chi connectivity index (χ2n) is 4.40. The Morgan fingerprint density at radius 3 is 2.62 bits per heavy atom. The van der Waals surface area contributed by atoms with Gasteiger partial charge in [-0.15, -0.1) is 0 Å². The van der Waals surface area contributed by atoms with E-state index in [9.17, 15) is 4.79 Å². The fourth-order valence-electron chi connectivity index (χ4n) is 0.977. The molecule has 1 aromatic rings. The Bertz CT molecular complexity index is 357. The Hall–Kier alpha value is -1.10. The lowest BCUT2D eigenvalue weighted by Gasteiger charge is -2.19. The van der Waals surface area contributed by atoms with Gasteiger partial charge >= 0.3 is 6.09 Å². The van der Waals surface area contributed by atoms with Crippen LogP contribution in [0.3, 0.4) is 0 Å². The Morgan fingerprint density at radius 1 is 1.50 bits per heavy atom. The number of alkyl halides is 1. The molecular weight excluding hydrogens is 272 g/mol. The van der Waals surface area contributed by atoms with E-state index in [0.29, 0.717) is 5.88 Å². The van der Waals surface area contributed by atoms with E-state index >= 15 is 0 Å². The van der Waals surface area contributed by atoms with Gasteiger partial charge in [-0.05, 0) is 26.3 Å². The Morgan fingerprint density at radius 2 is 2.19 bits per heavy atom. The number of nitrogens with one attached hydrogen (secondary N) is 1. The van der Waals surface area contributed by atoms with Crippen LogP contribution >= 0.6 is 15.9 Å². The third kappa shape index (κ3) is 4.61. The zero-order chi connectivity index (χ0) is 12.2. The predicted molar refractivity (Wildman–Crippen MR) is 65.8 cm³/mol. The van der Waals surface area contributed by atoms with E-state index in [0.717, 1.165) is 10.9 Å². The summed E-state index contributed by atoms with van der Waals surface area (Å²) in [7, 11) is 0. The number of carbonyl (C=O) groups excluding carboxylic acids is 1. The fraction of sp³-hybridized carbons (Fsp3) is 0.455. The molecule has 1 aromatic heterocycles. The van der Waals surface area contributed by atoms with Crippen LogP contribution < -0.4 is 10.1 Å². The van der Waals surface area contributed by atoms with Crippen molar-refractivity contribution in [3.63, 3.8) is 0 Å². The van der Waals surface area contributed by atoms with Crippen molar-refractivity contribution in [1.82, 2.24) is 10.3 Å². The van der Waals surface area contributed by atoms with Gasteiger partial charge in [0.25, 0.3) is 0 Å². The lowest BCUT2D eigenvalue weighted by molar-refractivity contribution is 0.189. The number of carbonyl (C=O) groups is 1. The SMILES string of the molecule is CC(C)(C)NC(=O)Oc1ccc(CBr)cn1. The van der Waals surface area contributed by atoms with Crippen molar-refractivity contribution in [2.45, 2.75) is 31.6 Å². The van der Waals surface area contributed by atoms with Crippen molar-refractivity contribution in [1.29, 1.82) is 0 Å². The number of nitrogens with zero attached hydrogens (tertiary/aromatic N) is 1. The van der Waals surface area contributed by atoms with Gasteiger partial charge in [-0.3, -0.25) is 0 Å². The van der Waals surface area contributed by atoms with Crippen molar-refractivity contribution in [2.24, 2.45) is 0 Å². The van der Waals surface area contributed by atoms with Gasteiger partial charge < -0.3 is 10.1 Å². The highest BCUT2D eigenvalue weighted by Crippen LogP contribution is 2.10. The predicted octanol–water partition coefficient (Wildman–Crippen LogP) is 2.86. The van der Waals surface area contributed by atoms with Gasteiger partial charge in [0.05, 0.1) is 0 Å². The van der Waals surface area contributed by atoms with Crippen molar-refractivity contribution < 1.29 is 9.53 Å². The average molecular weight is 287 g/mol. The van der Waals surface area contributed by atoms with Gasteiger partial charge in [0.1, 0.15) is 0 Å². The molecule has 0 aromatic carbocycles. The van der Waals surface area contributed by atoms with Crippen molar-refractivity contribution >= 4 is 22.0 Å². The Balaban J connectivity index is 2.56. The molecule has 0 fully saturated rings. The second kappa shape index (κ2) is 5.30. The maximum Gasteiger partial charge on any atom is 0.414 e. The molecule has 0 aliphatic heterocycles. The molecule has 16 heavy (non-hydrogen) atoms. The number of rotatable bonds is 2. The number of hydrogen-bond acceptors (Lipinski definition) is 3. The smallest absolute Gasteiger partial charge is 0.391 e. The van der Waals surface area contributed by atoms with Crippen molar-refractivity contribution in [3.05, 3.63) is 23.9 Å². The summed E-state index contributed by atoms with van der Waals surface area (Å²) in [5.41, 5.74) is 0.718. The summed E-state index contributed by atoms with van der Waals surface area (Å²) in [6, 6.07) is 3.51. The molecule has 1 heterocycles. The largest absolute Gasteiger partial charge is 0.414 e. The molecule has 0 aliphatic rings. The first kappa shape index (κ1) is 13.0. The lowest BCUT2D eigenvalue weighted by Crippen LogP contribution is -2.42. The van der Waals surface area contributed by atoms with E-state index in [2.05, 4.69) is 26.2 Å². The molecular formula is C11H15BrN2O2. The fourth-order valence-corrected chi connectivity index (χ4v) is 1.31. The van der Waals surface area contributed by atoms with E-state index in [1.54, 1.807) is 12.3 Å². The number of hydrogen-bond donors (Lipinski definition) is 1. The van der Waals surface area contributed by atoms with E-state index in [1.165, 1.54) is 0 Å². The average Bonchev–Trinajstić information content (AvgIpc) is 2.16. The quantitative estimate of drug-likeness (QED) is 0.851. The van der Waals surface area contributed by atoms with Gasteiger partial charge in [0.15, 0.2) is 0 Å². The standard InChI is InChI=1S/C11H15BrN2O2/c1-11(2,3)14-10(15)16-9-5-4-8(6-12)7-13-9/h4-5,7H,6H2,1-3H3,(H,14,15). The monoisotopic (exact) mass is 286 g/mol. The molecule has 0 radical (unpaired) electrons. The van der Waals surface area contributed by atoms with Gasteiger partial charge in [-0.2, -0.15) is 0 Å². The van der Waals surface area contributed by atoms with Crippen LogP contribution in [0.5, 0.6) is 5.88 Å². The normalized spacial score (nSPS) is 11.0. The molecule has 0 spiro atoms. The first-order valence-electron chi connectivity index (χ1n) is 4.91. The first-order chi connectivity index (χ1) is 7.40. The summed E-state index contributed by atoms with van der Waals surface area (Å²) < 4.78 is 5.01. The van der Waals surface area contributed by atoms with Crippen LogP contribution in [-0.2, 0) is 5.33 Å². The summed E-state index contributed by atoms with van der Waals surface area (Å²) in [4.78, 5) is 15.4. The molecule has 1 amide bonds. The summed E-state index contributed by atoms with van der Waals surface area (Å²) in [6.45, 7) is 5.65. The summed E-state index contributed by atoms with van der Waals surface area (Å²) in [5.74, 6) is 0.298. The third-order valence-electron chi connectivity index (χ3n) is 1.63. The van der Waals surface area contributed by atoms with E-state index < -0.39 is 6.09 Å². The lowest BCUT2D eigenvalue weighted by atomic mass is 10.1. The highest BCUT2D eigenvalue weighted by atomic mass is 79.9. The van der Waals surface area contributed by atoms with E-state index in [1.807, 2.05) is 26.8 Å². The van der Waals surface area contributed by atoms with Crippen molar-refractivity contribution in [2.75, 3.05) is 0 Å². The summed E-state index contributed by atoms with van der Waals surface area (Å²) in [5, 5.41) is 3.42. The van der Waals surface area contributed by atoms with Crippen LogP contribution in [0.15, 0.2) is 18.3 Å². The third-order valence-corrected chi connectivity index (χ3v) is 2.27. The van der Waals surface area contributed by atoms with Crippen LogP contribution in [0, 0.1) is 0 Å². The molecule has 0 saturated carbocycles. The first-order valence-corrected chi connectivity index (χ1v) is 6.04. The number of ether oxygens (including phenoxy) is 1. The van der Waals surface area contributed by atoms with Crippen LogP contribution in [0.1, 0.15) is 26.3 Å². The molecule has 0 bridgehead atoms. The number of aromatic nitrogens is 1. The Kier molecular flexibility index (Phi) is 4.29. The van der Waals surface area contributed by atoms with E-state index in [-0.39, 0.29) is 5.54 Å². The van der Waals surface area contributed by atoms with Crippen molar-refractivity contribution in [3.8, 4) is 5.88 Å². The topological polar surface area (TPSA) is 51.2 Å². The molecule has 1 N–H and O–H groups in total. The molecule has 0 atom stereocenters. The molecule has 0 saturated heterocycles. The highest BCUT2D eigenvalue weighted by Gasteiger charge is 2.15. The van der Waals surface area contributed by atoms with Gasteiger partial charge in [-0.1, -0.05) is 22.0 Å². The number of halogens is 1. The Labute approximate surface area is 104 Å². The van der Waals surface area contributed by atoms with Crippen LogP contribution in [0.4, 0.5) is 4.79 Å². The van der Waals surface area contributed by atoms with Crippen LogP contribution in [-0.4, -0.2) is 16.6 Å². The maximum absolute atomic E-state index is 11.4. The van der Waals surface area contributed by atoms with E-state index in [4.69, 9.17) is 4.74 Å². The van der Waals surface area contributed by atoms with Gasteiger partial charge in [-0.25, -0.2) is 9.78 Å². The molecule has 0 aliphatic carbocycles. The van der Waals surface area contributed by atoms with Gasteiger partial charge in [0, 0.05) is 23.1 Å². The van der Waals surface area contributed by atoms with Gasteiger partial charge in [0.2, 0.25) is 5.88 Å². The zero-order valence-electron chi connectivity index (χ0n) is 9.58.